The molecule has 6 heteroatoms. The number of aliphatic imine (C=N–C) groups is 1. The number of anilines is 1. The van der Waals surface area contributed by atoms with Gasteiger partial charge in [0.1, 0.15) is 11.9 Å². The standard InChI is InChI=1S/C22H30N4O.HI/c1-18(27-21-11-7-4-8-12-21)17-24-22(23-2)25-19-13-15-26(16-14-19)20-9-5-3-6-10-20;/h3-12,18-19H,13-17H2,1-2H3,(H2,23,24,25);1H. The summed E-state index contributed by atoms with van der Waals surface area (Å²) in [5.74, 6) is 1.74. The van der Waals surface area contributed by atoms with Gasteiger partial charge in [-0.2, -0.15) is 0 Å². The van der Waals surface area contributed by atoms with Gasteiger partial charge in [0.25, 0.3) is 0 Å². The second-order valence-electron chi connectivity index (χ2n) is 6.94. The van der Waals surface area contributed by atoms with E-state index in [2.05, 4.69) is 57.8 Å². The molecule has 1 fully saturated rings. The summed E-state index contributed by atoms with van der Waals surface area (Å²) in [4.78, 5) is 6.81. The molecule has 1 atom stereocenters. The van der Waals surface area contributed by atoms with Gasteiger partial charge in [0.2, 0.25) is 0 Å². The highest BCUT2D eigenvalue weighted by Crippen LogP contribution is 2.19. The van der Waals surface area contributed by atoms with Crippen LogP contribution in [0.25, 0.3) is 0 Å². The molecule has 1 aliphatic rings. The lowest BCUT2D eigenvalue weighted by atomic mass is 10.0. The molecular weight excluding hydrogens is 463 g/mol. The fourth-order valence-corrected chi connectivity index (χ4v) is 3.32. The minimum Gasteiger partial charge on any atom is -0.489 e. The van der Waals surface area contributed by atoms with Crippen LogP contribution < -0.4 is 20.3 Å². The molecule has 0 saturated carbocycles. The van der Waals surface area contributed by atoms with Gasteiger partial charge < -0.3 is 20.3 Å². The van der Waals surface area contributed by atoms with Crippen molar-refractivity contribution in [3.05, 3.63) is 60.7 Å². The van der Waals surface area contributed by atoms with Crippen molar-refractivity contribution in [3.63, 3.8) is 0 Å². The molecule has 28 heavy (non-hydrogen) atoms. The van der Waals surface area contributed by atoms with Crippen molar-refractivity contribution in [1.82, 2.24) is 10.6 Å². The van der Waals surface area contributed by atoms with E-state index in [0.29, 0.717) is 12.6 Å². The molecule has 2 N–H and O–H groups in total. The van der Waals surface area contributed by atoms with Crippen molar-refractivity contribution in [2.75, 3.05) is 31.6 Å². The molecule has 0 amide bonds. The van der Waals surface area contributed by atoms with E-state index in [0.717, 1.165) is 37.6 Å². The largest absolute Gasteiger partial charge is 0.489 e. The second-order valence-corrected chi connectivity index (χ2v) is 6.94. The van der Waals surface area contributed by atoms with E-state index in [-0.39, 0.29) is 30.1 Å². The zero-order valence-electron chi connectivity index (χ0n) is 16.7. The molecule has 1 heterocycles. The number of nitrogens with zero attached hydrogens (tertiary/aromatic N) is 2. The summed E-state index contributed by atoms with van der Waals surface area (Å²) in [7, 11) is 1.82. The minimum absolute atomic E-state index is 0. The van der Waals surface area contributed by atoms with Crippen molar-refractivity contribution in [2.45, 2.75) is 31.9 Å². The molecule has 152 valence electrons. The summed E-state index contributed by atoms with van der Waals surface area (Å²) in [6.07, 6.45) is 2.27. The maximum atomic E-state index is 5.91. The number of hydrogen-bond acceptors (Lipinski definition) is 3. The highest BCUT2D eigenvalue weighted by molar-refractivity contribution is 14.0. The van der Waals surface area contributed by atoms with E-state index in [4.69, 9.17) is 4.74 Å². The average Bonchev–Trinajstić information content (AvgIpc) is 2.73. The fraction of sp³-hybridized carbons (Fsp3) is 0.409. The Morgan fingerprint density at radius 1 is 1.07 bits per heavy atom. The molecule has 1 unspecified atom stereocenters. The quantitative estimate of drug-likeness (QED) is 0.364. The van der Waals surface area contributed by atoms with E-state index >= 15 is 0 Å². The Morgan fingerprint density at radius 3 is 2.29 bits per heavy atom. The Labute approximate surface area is 185 Å². The average molecular weight is 494 g/mol. The van der Waals surface area contributed by atoms with Crippen molar-refractivity contribution in [3.8, 4) is 5.75 Å². The topological polar surface area (TPSA) is 48.9 Å². The third kappa shape index (κ3) is 6.89. The molecule has 0 aromatic heterocycles. The zero-order chi connectivity index (χ0) is 18.9. The number of guanidine groups is 1. The summed E-state index contributed by atoms with van der Waals surface area (Å²) in [6.45, 7) is 4.89. The molecule has 0 aliphatic carbocycles. The van der Waals surface area contributed by atoms with Crippen LogP contribution >= 0.6 is 24.0 Å². The molecule has 3 rings (SSSR count). The Bertz CT molecular complexity index is 703. The molecular formula is C22H31IN4O. The molecule has 0 spiro atoms. The number of ether oxygens (including phenoxy) is 1. The minimum atomic E-state index is 0. The van der Waals surface area contributed by atoms with Crippen LogP contribution in [0.4, 0.5) is 5.69 Å². The molecule has 0 bridgehead atoms. The van der Waals surface area contributed by atoms with Crippen LogP contribution in [-0.4, -0.2) is 44.8 Å². The van der Waals surface area contributed by atoms with Crippen LogP contribution in [-0.2, 0) is 0 Å². The van der Waals surface area contributed by atoms with Gasteiger partial charge in [-0.05, 0) is 44.0 Å². The van der Waals surface area contributed by atoms with Gasteiger partial charge in [-0.15, -0.1) is 24.0 Å². The van der Waals surface area contributed by atoms with Crippen molar-refractivity contribution < 1.29 is 4.74 Å². The van der Waals surface area contributed by atoms with Crippen molar-refractivity contribution in [1.29, 1.82) is 0 Å². The van der Waals surface area contributed by atoms with Crippen molar-refractivity contribution >= 4 is 35.6 Å². The van der Waals surface area contributed by atoms with Gasteiger partial charge in [-0.3, -0.25) is 4.99 Å². The van der Waals surface area contributed by atoms with Gasteiger partial charge in [0.15, 0.2) is 5.96 Å². The van der Waals surface area contributed by atoms with Gasteiger partial charge >= 0.3 is 0 Å². The Morgan fingerprint density at radius 2 is 1.68 bits per heavy atom. The van der Waals surface area contributed by atoms with Gasteiger partial charge in [0.05, 0.1) is 6.54 Å². The third-order valence-corrected chi connectivity index (χ3v) is 4.82. The van der Waals surface area contributed by atoms with E-state index in [1.165, 1.54) is 5.69 Å². The summed E-state index contributed by atoms with van der Waals surface area (Å²) in [6, 6.07) is 21.0. The first-order chi connectivity index (χ1) is 13.2. The smallest absolute Gasteiger partial charge is 0.191 e. The number of nitrogens with one attached hydrogen (secondary N) is 2. The molecule has 1 saturated heterocycles. The van der Waals surface area contributed by atoms with Crippen LogP contribution in [0.1, 0.15) is 19.8 Å². The summed E-state index contributed by atoms with van der Waals surface area (Å²) < 4.78 is 5.91. The predicted molar refractivity (Wildman–Crippen MR) is 128 cm³/mol. The molecule has 2 aromatic rings. The number of piperidine rings is 1. The Balaban J connectivity index is 0.00000280. The molecule has 5 nitrogen and oxygen atoms in total. The highest BCUT2D eigenvalue weighted by Gasteiger charge is 2.20. The highest BCUT2D eigenvalue weighted by atomic mass is 127. The first-order valence-corrected chi connectivity index (χ1v) is 9.73. The maximum Gasteiger partial charge on any atom is 0.191 e. The van der Waals surface area contributed by atoms with Gasteiger partial charge in [0, 0.05) is 31.9 Å². The predicted octanol–water partition coefficient (Wildman–Crippen LogP) is 3.91. The van der Waals surface area contributed by atoms with Crippen LogP contribution in [0.5, 0.6) is 5.75 Å². The molecule has 0 radical (unpaired) electrons. The van der Waals surface area contributed by atoms with E-state index in [1.54, 1.807) is 0 Å². The lowest BCUT2D eigenvalue weighted by molar-refractivity contribution is 0.223. The molecule has 2 aromatic carbocycles. The monoisotopic (exact) mass is 494 g/mol. The van der Waals surface area contributed by atoms with E-state index in [1.807, 2.05) is 37.4 Å². The van der Waals surface area contributed by atoms with Crippen LogP contribution in [0, 0.1) is 0 Å². The normalized spacial score (nSPS) is 16.1. The summed E-state index contributed by atoms with van der Waals surface area (Å²) in [5, 5.41) is 6.93. The summed E-state index contributed by atoms with van der Waals surface area (Å²) in [5.41, 5.74) is 1.31. The van der Waals surface area contributed by atoms with E-state index in [9.17, 15) is 0 Å². The lowest BCUT2D eigenvalue weighted by Crippen LogP contribution is -2.50. The van der Waals surface area contributed by atoms with E-state index < -0.39 is 0 Å². The van der Waals surface area contributed by atoms with Crippen LogP contribution in [0.15, 0.2) is 65.7 Å². The third-order valence-electron chi connectivity index (χ3n) is 4.82. The number of rotatable bonds is 6. The fourth-order valence-electron chi connectivity index (χ4n) is 3.32. The Hall–Kier alpha value is -1.96. The number of para-hydroxylation sites is 2. The second kappa shape index (κ2) is 11.8. The van der Waals surface area contributed by atoms with Crippen molar-refractivity contribution in [2.24, 2.45) is 4.99 Å². The first kappa shape index (κ1) is 22.3. The SMILES string of the molecule is CN=C(NCC(C)Oc1ccccc1)NC1CCN(c2ccccc2)CC1.I. The number of benzene rings is 2. The Kier molecular flexibility index (Phi) is 9.40. The van der Waals surface area contributed by atoms with Gasteiger partial charge in [-0.25, -0.2) is 0 Å². The maximum absolute atomic E-state index is 5.91. The number of halogens is 1. The van der Waals surface area contributed by atoms with Gasteiger partial charge in [-0.1, -0.05) is 36.4 Å². The molecule has 1 aliphatic heterocycles. The summed E-state index contributed by atoms with van der Waals surface area (Å²) >= 11 is 0. The van der Waals surface area contributed by atoms with Crippen LogP contribution in [0.2, 0.25) is 0 Å². The first-order valence-electron chi connectivity index (χ1n) is 9.73. The zero-order valence-corrected chi connectivity index (χ0v) is 19.0. The number of hydrogen-bond donors (Lipinski definition) is 2. The lowest BCUT2D eigenvalue weighted by Gasteiger charge is -2.34. The van der Waals surface area contributed by atoms with Crippen LogP contribution in [0.3, 0.4) is 0 Å².